The lowest BCUT2D eigenvalue weighted by molar-refractivity contribution is 0.164. The molecule has 2 aliphatic rings. The van der Waals surface area contributed by atoms with E-state index in [1.54, 1.807) is 12.1 Å². The largest absolute Gasteiger partial charge is 0.508 e. The van der Waals surface area contributed by atoms with E-state index in [4.69, 9.17) is 4.74 Å². The maximum Gasteiger partial charge on any atom is 0.128 e. The third-order valence-electron chi connectivity index (χ3n) is 4.44. The molecule has 1 unspecified atom stereocenters. The summed E-state index contributed by atoms with van der Waals surface area (Å²) in [6.07, 6.45) is 8.25. The highest BCUT2D eigenvalue weighted by Gasteiger charge is 2.42. The number of nitrogens with zero attached hydrogens (tertiary/aromatic N) is 2. The Labute approximate surface area is 111 Å². The molecular weight excluding hydrogens is 240 g/mol. The number of imidazole rings is 1. The number of aromatic nitrogens is 2. The standard InChI is InChI=1S/C15H16N2O2/c18-12-3-4-13-14(8-12)19-7-6-15(13)5-1-2-11-9-16-10-17(11)15/h3-4,8-10,18H,1-2,5-7H2. The number of aromatic hydroxyl groups is 1. The molecule has 3 heterocycles. The van der Waals surface area contributed by atoms with E-state index in [1.807, 2.05) is 18.6 Å². The summed E-state index contributed by atoms with van der Waals surface area (Å²) in [6, 6.07) is 5.47. The molecule has 1 atom stereocenters. The van der Waals surface area contributed by atoms with Gasteiger partial charge in [-0.25, -0.2) is 4.98 Å². The van der Waals surface area contributed by atoms with E-state index < -0.39 is 0 Å². The molecule has 0 amide bonds. The molecule has 0 saturated carbocycles. The summed E-state index contributed by atoms with van der Waals surface area (Å²) in [5.41, 5.74) is 2.44. The highest BCUT2D eigenvalue weighted by atomic mass is 16.5. The first-order valence-electron chi connectivity index (χ1n) is 6.78. The zero-order valence-electron chi connectivity index (χ0n) is 10.7. The molecule has 1 spiro atoms. The summed E-state index contributed by atoms with van der Waals surface area (Å²) >= 11 is 0. The van der Waals surface area contributed by atoms with E-state index in [9.17, 15) is 5.11 Å². The van der Waals surface area contributed by atoms with Crippen LogP contribution in [0.2, 0.25) is 0 Å². The highest BCUT2D eigenvalue weighted by molar-refractivity contribution is 5.46. The maximum atomic E-state index is 9.63. The molecule has 1 N–H and O–H groups in total. The van der Waals surface area contributed by atoms with Gasteiger partial charge < -0.3 is 14.4 Å². The van der Waals surface area contributed by atoms with Gasteiger partial charge in [-0.3, -0.25) is 0 Å². The Morgan fingerprint density at radius 2 is 2.26 bits per heavy atom. The van der Waals surface area contributed by atoms with Gasteiger partial charge in [0.1, 0.15) is 11.5 Å². The van der Waals surface area contributed by atoms with Crippen molar-refractivity contribution < 1.29 is 9.84 Å². The number of aryl methyl sites for hydroxylation is 1. The van der Waals surface area contributed by atoms with Gasteiger partial charge in [0.05, 0.1) is 18.5 Å². The zero-order valence-corrected chi connectivity index (χ0v) is 10.7. The Bertz CT molecular complexity index is 631. The third-order valence-corrected chi connectivity index (χ3v) is 4.44. The van der Waals surface area contributed by atoms with E-state index in [0.717, 1.165) is 25.0 Å². The minimum Gasteiger partial charge on any atom is -0.508 e. The smallest absolute Gasteiger partial charge is 0.128 e. The maximum absolute atomic E-state index is 9.63. The minimum atomic E-state index is -0.0363. The van der Waals surface area contributed by atoms with Gasteiger partial charge in [-0.1, -0.05) is 0 Å². The van der Waals surface area contributed by atoms with E-state index in [-0.39, 0.29) is 11.3 Å². The second-order valence-electron chi connectivity index (χ2n) is 5.42. The predicted octanol–water partition coefficient (Wildman–Crippen LogP) is 2.45. The van der Waals surface area contributed by atoms with Crippen molar-refractivity contribution in [2.75, 3.05) is 6.61 Å². The Kier molecular flexibility index (Phi) is 2.16. The molecule has 0 radical (unpaired) electrons. The van der Waals surface area contributed by atoms with Crippen LogP contribution in [0.15, 0.2) is 30.7 Å². The van der Waals surface area contributed by atoms with E-state index >= 15 is 0 Å². The van der Waals surface area contributed by atoms with Crippen LogP contribution in [0.4, 0.5) is 0 Å². The lowest BCUT2D eigenvalue weighted by atomic mass is 9.77. The van der Waals surface area contributed by atoms with Crippen molar-refractivity contribution in [1.29, 1.82) is 0 Å². The molecule has 4 heteroatoms. The van der Waals surface area contributed by atoms with E-state index in [2.05, 4.69) is 9.55 Å². The van der Waals surface area contributed by atoms with Crippen molar-refractivity contribution in [3.05, 3.63) is 42.0 Å². The molecule has 0 saturated heterocycles. The molecule has 1 aromatic heterocycles. The van der Waals surface area contributed by atoms with Crippen molar-refractivity contribution in [2.45, 2.75) is 31.2 Å². The van der Waals surface area contributed by atoms with Crippen LogP contribution >= 0.6 is 0 Å². The number of phenolic OH excluding ortho intramolecular Hbond substituents is 1. The monoisotopic (exact) mass is 256 g/mol. The first kappa shape index (κ1) is 10.9. The van der Waals surface area contributed by atoms with Crippen LogP contribution in [-0.2, 0) is 12.0 Å². The molecule has 2 aromatic rings. The van der Waals surface area contributed by atoms with Gasteiger partial charge in [0.2, 0.25) is 0 Å². The van der Waals surface area contributed by atoms with Crippen molar-refractivity contribution in [2.24, 2.45) is 0 Å². The Hall–Kier alpha value is -1.97. The van der Waals surface area contributed by atoms with Gasteiger partial charge in [-0.05, 0) is 31.4 Å². The first-order valence-corrected chi connectivity index (χ1v) is 6.78. The van der Waals surface area contributed by atoms with Crippen molar-refractivity contribution in [3.8, 4) is 11.5 Å². The number of ether oxygens (including phenoxy) is 1. The second kappa shape index (κ2) is 3.76. The van der Waals surface area contributed by atoms with Gasteiger partial charge in [0.25, 0.3) is 0 Å². The minimum absolute atomic E-state index is 0.0363. The molecule has 0 aliphatic carbocycles. The molecule has 4 rings (SSSR count). The van der Waals surface area contributed by atoms with Crippen LogP contribution in [0.25, 0.3) is 0 Å². The fraction of sp³-hybridized carbons (Fsp3) is 0.400. The van der Waals surface area contributed by atoms with Crippen LogP contribution in [0.5, 0.6) is 11.5 Å². The van der Waals surface area contributed by atoms with E-state index in [1.165, 1.54) is 17.7 Å². The average molecular weight is 256 g/mol. The van der Waals surface area contributed by atoms with Crippen LogP contribution < -0.4 is 4.74 Å². The molecule has 4 nitrogen and oxygen atoms in total. The molecule has 1 aromatic carbocycles. The molecule has 98 valence electrons. The van der Waals surface area contributed by atoms with Crippen LogP contribution in [0.1, 0.15) is 30.5 Å². The zero-order chi connectivity index (χ0) is 12.9. The average Bonchev–Trinajstić information content (AvgIpc) is 2.89. The number of benzene rings is 1. The van der Waals surface area contributed by atoms with Gasteiger partial charge in [-0.2, -0.15) is 0 Å². The SMILES string of the molecule is Oc1ccc2c(c1)OCCC21CCCc2cncn21. The van der Waals surface area contributed by atoms with Crippen LogP contribution in [0.3, 0.4) is 0 Å². The Balaban J connectivity index is 1.95. The lowest BCUT2D eigenvalue weighted by Gasteiger charge is -2.43. The Morgan fingerprint density at radius 1 is 1.32 bits per heavy atom. The quantitative estimate of drug-likeness (QED) is 0.787. The number of hydrogen-bond donors (Lipinski definition) is 1. The van der Waals surface area contributed by atoms with Gasteiger partial charge in [0.15, 0.2) is 0 Å². The summed E-state index contributed by atoms with van der Waals surface area (Å²) in [7, 11) is 0. The number of fused-ring (bicyclic) bond motifs is 4. The van der Waals surface area contributed by atoms with Gasteiger partial charge in [-0.15, -0.1) is 0 Å². The molecular formula is C15H16N2O2. The molecule has 19 heavy (non-hydrogen) atoms. The number of rotatable bonds is 0. The normalized spacial score (nSPS) is 24.6. The Morgan fingerprint density at radius 3 is 3.21 bits per heavy atom. The van der Waals surface area contributed by atoms with Crippen LogP contribution in [-0.4, -0.2) is 21.3 Å². The summed E-state index contributed by atoms with van der Waals surface area (Å²) in [6.45, 7) is 0.689. The fourth-order valence-electron chi connectivity index (χ4n) is 3.56. The number of hydrogen-bond acceptors (Lipinski definition) is 3. The van der Waals surface area contributed by atoms with Crippen molar-refractivity contribution in [1.82, 2.24) is 9.55 Å². The highest BCUT2D eigenvalue weighted by Crippen LogP contribution is 2.46. The first-order chi connectivity index (χ1) is 9.29. The van der Waals surface area contributed by atoms with Gasteiger partial charge in [0, 0.05) is 29.9 Å². The summed E-state index contributed by atoms with van der Waals surface area (Å²) < 4.78 is 8.04. The predicted molar refractivity (Wildman–Crippen MR) is 70.5 cm³/mol. The molecule has 0 bridgehead atoms. The second-order valence-corrected chi connectivity index (χ2v) is 5.42. The van der Waals surface area contributed by atoms with Crippen molar-refractivity contribution >= 4 is 0 Å². The summed E-state index contributed by atoms with van der Waals surface area (Å²) in [5.74, 6) is 1.07. The van der Waals surface area contributed by atoms with Gasteiger partial charge >= 0.3 is 0 Å². The van der Waals surface area contributed by atoms with Crippen molar-refractivity contribution in [3.63, 3.8) is 0 Å². The number of phenols is 1. The van der Waals surface area contributed by atoms with Crippen LogP contribution in [0, 0.1) is 0 Å². The molecule has 0 fully saturated rings. The third kappa shape index (κ3) is 1.43. The molecule has 2 aliphatic heterocycles. The topological polar surface area (TPSA) is 47.3 Å². The summed E-state index contributed by atoms with van der Waals surface area (Å²) in [4.78, 5) is 4.32. The lowest BCUT2D eigenvalue weighted by Crippen LogP contribution is -2.42. The summed E-state index contributed by atoms with van der Waals surface area (Å²) in [5, 5.41) is 9.63. The van der Waals surface area contributed by atoms with E-state index in [0.29, 0.717) is 6.61 Å². The fourth-order valence-corrected chi connectivity index (χ4v) is 3.56.